The zero-order valence-electron chi connectivity index (χ0n) is 11.1. The smallest absolute Gasteiger partial charge is 0.252 e. The summed E-state index contributed by atoms with van der Waals surface area (Å²) < 4.78 is 0. The third-order valence-corrected chi connectivity index (χ3v) is 3.15. The van der Waals surface area contributed by atoms with Crippen molar-refractivity contribution in [3.05, 3.63) is 35.0 Å². The van der Waals surface area contributed by atoms with Gasteiger partial charge in [-0.25, -0.2) is 5.21 Å². The molecule has 19 heavy (non-hydrogen) atoms. The summed E-state index contributed by atoms with van der Waals surface area (Å²) in [4.78, 5) is 12.0. The largest absolute Gasteiger partial charge is 0.595 e. The standard InChI is InChI=1S/C13H17N3O3/c1-9(2)13(3,8-14)15-12(17)10-4-6-11(7-5-10)16(18)19/h4-7,9,16,18H,1-3H3,(H,15,17)/t13-/m0/s1. The van der Waals surface area contributed by atoms with E-state index in [0.717, 1.165) is 0 Å². The summed E-state index contributed by atoms with van der Waals surface area (Å²) in [5, 5.41) is 30.2. The molecular weight excluding hydrogens is 246 g/mol. The fraction of sp³-hybridized carbons (Fsp3) is 0.385. The number of benzene rings is 1. The van der Waals surface area contributed by atoms with Gasteiger partial charge in [0, 0.05) is 17.7 Å². The van der Waals surface area contributed by atoms with Crippen molar-refractivity contribution < 1.29 is 15.2 Å². The number of amides is 1. The molecule has 1 aromatic rings. The van der Waals surface area contributed by atoms with Gasteiger partial charge in [-0.3, -0.25) is 4.79 Å². The van der Waals surface area contributed by atoms with Crippen LogP contribution in [0, 0.1) is 22.5 Å². The number of nitriles is 1. The van der Waals surface area contributed by atoms with E-state index in [2.05, 4.69) is 11.4 Å². The zero-order valence-corrected chi connectivity index (χ0v) is 11.1. The Bertz CT molecular complexity index is 491. The highest BCUT2D eigenvalue weighted by Crippen LogP contribution is 2.16. The van der Waals surface area contributed by atoms with E-state index in [1.807, 2.05) is 13.8 Å². The van der Waals surface area contributed by atoms with E-state index >= 15 is 0 Å². The van der Waals surface area contributed by atoms with E-state index < -0.39 is 16.7 Å². The lowest BCUT2D eigenvalue weighted by atomic mass is 9.90. The molecule has 0 spiro atoms. The van der Waals surface area contributed by atoms with E-state index in [-0.39, 0.29) is 11.6 Å². The number of quaternary nitrogens is 1. The fourth-order valence-electron chi connectivity index (χ4n) is 1.37. The third-order valence-electron chi connectivity index (χ3n) is 3.15. The number of nitrogens with one attached hydrogen (secondary N) is 2. The lowest BCUT2D eigenvalue weighted by molar-refractivity contribution is -0.991. The average molecular weight is 263 g/mol. The van der Waals surface area contributed by atoms with Crippen LogP contribution in [-0.2, 0) is 0 Å². The van der Waals surface area contributed by atoms with Gasteiger partial charge in [0.25, 0.3) is 5.91 Å². The Hall–Kier alpha value is -1.94. The third kappa shape index (κ3) is 3.51. The highest BCUT2D eigenvalue weighted by Gasteiger charge is 2.30. The lowest BCUT2D eigenvalue weighted by Crippen LogP contribution is -2.99. The minimum Gasteiger partial charge on any atom is -0.595 e. The number of hydrogen-bond acceptors (Lipinski definition) is 4. The van der Waals surface area contributed by atoms with Crippen molar-refractivity contribution in [2.24, 2.45) is 5.92 Å². The van der Waals surface area contributed by atoms with Crippen LogP contribution in [0.25, 0.3) is 0 Å². The van der Waals surface area contributed by atoms with E-state index in [1.54, 1.807) is 6.92 Å². The molecule has 1 amide bonds. The molecule has 0 aliphatic rings. The Morgan fingerprint density at radius 1 is 1.47 bits per heavy atom. The van der Waals surface area contributed by atoms with Gasteiger partial charge in [0.05, 0.1) is 6.07 Å². The SMILES string of the molecule is CC(C)[C@](C)(C#N)NC(=O)c1ccc([NH+]([O-])O)cc1. The first-order chi connectivity index (χ1) is 8.80. The lowest BCUT2D eigenvalue weighted by Gasteiger charge is -2.27. The second-order valence-corrected chi connectivity index (χ2v) is 4.81. The minimum atomic E-state index is -1.05. The van der Waals surface area contributed by atoms with Crippen LogP contribution in [0.3, 0.4) is 0 Å². The van der Waals surface area contributed by atoms with Gasteiger partial charge in [0.15, 0.2) is 5.69 Å². The number of nitrogens with zero attached hydrogens (tertiary/aromatic N) is 1. The van der Waals surface area contributed by atoms with Crippen LogP contribution >= 0.6 is 0 Å². The fourth-order valence-corrected chi connectivity index (χ4v) is 1.37. The van der Waals surface area contributed by atoms with Crippen molar-refractivity contribution in [2.45, 2.75) is 26.3 Å². The van der Waals surface area contributed by atoms with Crippen LogP contribution in [0.15, 0.2) is 24.3 Å². The van der Waals surface area contributed by atoms with Gasteiger partial charge in [-0.05, 0) is 25.0 Å². The molecule has 0 saturated heterocycles. The number of rotatable bonds is 4. The molecule has 0 aliphatic carbocycles. The van der Waals surface area contributed by atoms with E-state index in [9.17, 15) is 10.0 Å². The summed E-state index contributed by atoms with van der Waals surface area (Å²) in [6.07, 6.45) is 0. The van der Waals surface area contributed by atoms with Gasteiger partial charge in [0.1, 0.15) is 5.54 Å². The van der Waals surface area contributed by atoms with Crippen LogP contribution in [0.5, 0.6) is 0 Å². The molecule has 0 radical (unpaired) electrons. The molecule has 102 valence electrons. The second-order valence-electron chi connectivity index (χ2n) is 4.81. The van der Waals surface area contributed by atoms with Crippen molar-refractivity contribution in [1.82, 2.24) is 5.32 Å². The highest BCUT2D eigenvalue weighted by atomic mass is 16.8. The molecular formula is C13H17N3O3. The molecule has 1 aromatic carbocycles. The van der Waals surface area contributed by atoms with Crippen LogP contribution in [-0.4, -0.2) is 16.7 Å². The maximum Gasteiger partial charge on any atom is 0.252 e. The Morgan fingerprint density at radius 2 is 2.00 bits per heavy atom. The summed E-state index contributed by atoms with van der Waals surface area (Å²) in [6.45, 7) is 5.34. The van der Waals surface area contributed by atoms with Crippen molar-refractivity contribution in [2.75, 3.05) is 0 Å². The minimum absolute atomic E-state index is 0.0419. The quantitative estimate of drug-likeness (QED) is 0.698. The van der Waals surface area contributed by atoms with Crippen molar-refractivity contribution in [1.29, 1.82) is 5.26 Å². The Kier molecular flexibility index (Phi) is 4.62. The van der Waals surface area contributed by atoms with Crippen molar-refractivity contribution >= 4 is 11.6 Å². The van der Waals surface area contributed by atoms with Gasteiger partial charge in [0.2, 0.25) is 0 Å². The molecule has 0 fully saturated rings. The van der Waals surface area contributed by atoms with Crippen LogP contribution in [0.4, 0.5) is 5.69 Å². The molecule has 2 atom stereocenters. The summed E-state index contributed by atoms with van der Waals surface area (Å²) in [6, 6.07) is 7.65. The van der Waals surface area contributed by atoms with Crippen LogP contribution in [0.2, 0.25) is 0 Å². The topological polar surface area (TPSA) is 101 Å². The molecule has 0 bridgehead atoms. The molecule has 3 N–H and O–H groups in total. The van der Waals surface area contributed by atoms with Gasteiger partial charge >= 0.3 is 0 Å². The molecule has 0 aliphatic heterocycles. The Morgan fingerprint density at radius 3 is 2.37 bits per heavy atom. The summed E-state index contributed by atoms with van der Waals surface area (Å²) >= 11 is 0. The van der Waals surface area contributed by atoms with Gasteiger partial charge in [-0.1, -0.05) is 13.8 Å². The average Bonchev–Trinajstić information content (AvgIpc) is 2.38. The molecule has 6 nitrogen and oxygen atoms in total. The van der Waals surface area contributed by atoms with E-state index in [1.165, 1.54) is 24.3 Å². The van der Waals surface area contributed by atoms with Crippen molar-refractivity contribution in [3.8, 4) is 6.07 Å². The Balaban J connectivity index is 2.87. The number of carbonyl (C=O) groups is 1. The maximum absolute atomic E-state index is 12.0. The summed E-state index contributed by atoms with van der Waals surface area (Å²) in [7, 11) is 0. The molecule has 1 unspecified atom stereocenters. The molecule has 0 saturated carbocycles. The molecule has 6 heteroatoms. The second kappa shape index (κ2) is 5.80. The van der Waals surface area contributed by atoms with E-state index in [0.29, 0.717) is 5.56 Å². The number of carbonyl (C=O) groups excluding carboxylic acids is 1. The first-order valence-corrected chi connectivity index (χ1v) is 5.87. The molecule has 0 aromatic heterocycles. The zero-order chi connectivity index (χ0) is 14.6. The summed E-state index contributed by atoms with van der Waals surface area (Å²) in [5.74, 6) is -0.436. The Labute approximate surface area is 111 Å². The molecule has 0 heterocycles. The van der Waals surface area contributed by atoms with Gasteiger partial charge in [-0.2, -0.15) is 10.5 Å². The van der Waals surface area contributed by atoms with Crippen molar-refractivity contribution in [3.63, 3.8) is 0 Å². The predicted octanol–water partition coefficient (Wildman–Crippen LogP) is 0.758. The summed E-state index contributed by atoms with van der Waals surface area (Å²) in [5.41, 5.74) is -0.515. The molecule has 1 rings (SSSR count). The van der Waals surface area contributed by atoms with Crippen LogP contribution < -0.4 is 10.5 Å². The first-order valence-electron chi connectivity index (χ1n) is 5.87. The van der Waals surface area contributed by atoms with Gasteiger partial charge in [-0.15, -0.1) is 0 Å². The highest BCUT2D eigenvalue weighted by molar-refractivity contribution is 5.95. The monoisotopic (exact) mass is 263 g/mol. The number of hydrogen-bond donors (Lipinski definition) is 3. The predicted molar refractivity (Wildman–Crippen MR) is 68.5 cm³/mol. The normalized spacial score (nSPS) is 15.4. The van der Waals surface area contributed by atoms with Crippen LogP contribution in [0.1, 0.15) is 31.1 Å². The van der Waals surface area contributed by atoms with E-state index in [4.69, 9.17) is 10.5 Å². The first kappa shape index (κ1) is 15.1. The maximum atomic E-state index is 12.0. The van der Waals surface area contributed by atoms with Gasteiger partial charge < -0.3 is 10.5 Å².